The van der Waals surface area contributed by atoms with Gasteiger partial charge in [0.05, 0.1) is 0 Å². The first kappa shape index (κ1) is 15.2. The van der Waals surface area contributed by atoms with Crippen LogP contribution < -0.4 is 5.32 Å². The van der Waals surface area contributed by atoms with Crippen LogP contribution in [0, 0.1) is 5.92 Å². The van der Waals surface area contributed by atoms with Crippen LogP contribution in [0.25, 0.3) is 0 Å². The largest absolute Gasteiger partial charge is 0.307 e. The van der Waals surface area contributed by atoms with Gasteiger partial charge in [0.15, 0.2) is 0 Å². The second-order valence-corrected chi connectivity index (χ2v) is 5.97. The third-order valence-corrected chi connectivity index (χ3v) is 3.81. The van der Waals surface area contributed by atoms with Gasteiger partial charge < -0.3 is 5.32 Å². The molecule has 0 saturated heterocycles. The van der Waals surface area contributed by atoms with Gasteiger partial charge in [0.2, 0.25) is 0 Å². The van der Waals surface area contributed by atoms with Crippen molar-refractivity contribution in [3.05, 3.63) is 35.4 Å². The van der Waals surface area contributed by atoms with E-state index in [0.717, 1.165) is 0 Å². The average Bonchev–Trinajstić information content (AvgIpc) is 2.35. The quantitative estimate of drug-likeness (QED) is 0.754. The molecule has 1 aromatic carbocycles. The summed E-state index contributed by atoms with van der Waals surface area (Å²) in [4.78, 5) is 0. The maximum Gasteiger partial charge on any atom is 0.0294 e. The zero-order chi connectivity index (χ0) is 13.7. The molecule has 2 atom stereocenters. The molecule has 1 nitrogen and oxygen atoms in total. The first-order chi connectivity index (χ1) is 8.45. The Hall–Kier alpha value is -0.820. The van der Waals surface area contributed by atoms with E-state index in [2.05, 4.69) is 71.1 Å². The van der Waals surface area contributed by atoms with Crippen LogP contribution in [0.15, 0.2) is 24.3 Å². The molecule has 0 fully saturated rings. The molecule has 0 saturated carbocycles. The number of rotatable bonds is 6. The van der Waals surface area contributed by atoms with E-state index in [1.165, 1.54) is 17.5 Å². The molecule has 0 radical (unpaired) electrons. The second kappa shape index (κ2) is 6.94. The van der Waals surface area contributed by atoms with Crippen molar-refractivity contribution in [3.63, 3.8) is 0 Å². The molecule has 2 unspecified atom stereocenters. The molecular weight excluding hydrogens is 218 g/mol. The molecule has 0 aliphatic rings. The van der Waals surface area contributed by atoms with Crippen molar-refractivity contribution < 1.29 is 0 Å². The Balaban J connectivity index is 2.69. The lowest BCUT2D eigenvalue weighted by molar-refractivity contribution is 0.356. The van der Waals surface area contributed by atoms with Crippen LogP contribution in [-0.2, 0) is 0 Å². The summed E-state index contributed by atoms with van der Waals surface area (Å²) in [7, 11) is 0. The topological polar surface area (TPSA) is 12.0 Å². The van der Waals surface area contributed by atoms with Gasteiger partial charge in [-0.05, 0) is 36.3 Å². The maximum atomic E-state index is 3.73. The van der Waals surface area contributed by atoms with E-state index >= 15 is 0 Å². The van der Waals surface area contributed by atoms with Crippen molar-refractivity contribution in [2.75, 3.05) is 0 Å². The Morgan fingerprint density at radius 2 is 1.39 bits per heavy atom. The molecule has 102 valence electrons. The normalized spacial score (nSPS) is 15.1. The molecule has 0 amide bonds. The Morgan fingerprint density at radius 3 is 1.78 bits per heavy atom. The number of benzene rings is 1. The van der Waals surface area contributed by atoms with Gasteiger partial charge in [-0.2, -0.15) is 0 Å². The van der Waals surface area contributed by atoms with Gasteiger partial charge in [-0.1, -0.05) is 58.9 Å². The highest BCUT2D eigenvalue weighted by Gasteiger charge is 2.14. The number of hydrogen-bond acceptors (Lipinski definition) is 1. The van der Waals surface area contributed by atoms with Crippen LogP contribution in [0.5, 0.6) is 0 Å². The summed E-state index contributed by atoms with van der Waals surface area (Å²) < 4.78 is 0. The van der Waals surface area contributed by atoms with Crippen molar-refractivity contribution in [1.82, 2.24) is 5.32 Å². The minimum atomic E-state index is 0.429. The predicted octanol–water partition coefficient (Wildman–Crippen LogP) is 4.90. The van der Waals surface area contributed by atoms with Crippen LogP contribution in [0.4, 0.5) is 0 Å². The molecule has 1 N–H and O–H groups in total. The molecule has 18 heavy (non-hydrogen) atoms. The standard InChI is InChI=1S/C17H29N/c1-7-17(13(4)5)18-14(6)16-10-8-15(9-11-16)12(2)3/h8-14,17-18H,7H2,1-6H3. The summed E-state index contributed by atoms with van der Waals surface area (Å²) in [5.74, 6) is 1.30. The summed E-state index contributed by atoms with van der Waals surface area (Å²) in [6.45, 7) is 13.6. The van der Waals surface area contributed by atoms with E-state index in [1.54, 1.807) is 0 Å². The SMILES string of the molecule is CCC(NC(C)c1ccc(C(C)C)cc1)C(C)C. The van der Waals surface area contributed by atoms with Gasteiger partial charge in [0.1, 0.15) is 0 Å². The molecule has 0 spiro atoms. The fraction of sp³-hybridized carbons (Fsp3) is 0.647. The summed E-state index contributed by atoms with van der Waals surface area (Å²) in [5.41, 5.74) is 2.81. The number of hydrogen-bond donors (Lipinski definition) is 1. The van der Waals surface area contributed by atoms with E-state index in [-0.39, 0.29) is 0 Å². The van der Waals surface area contributed by atoms with Gasteiger partial charge in [-0.3, -0.25) is 0 Å². The lowest BCUT2D eigenvalue weighted by Crippen LogP contribution is -2.35. The van der Waals surface area contributed by atoms with E-state index in [0.29, 0.717) is 23.9 Å². The Kier molecular flexibility index (Phi) is 5.87. The molecule has 0 bridgehead atoms. The molecule has 1 rings (SSSR count). The first-order valence-corrected chi connectivity index (χ1v) is 7.31. The van der Waals surface area contributed by atoms with Gasteiger partial charge in [0, 0.05) is 12.1 Å². The minimum absolute atomic E-state index is 0.429. The van der Waals surface area contributed by atoms with Crippen molar-refractivity contribution in [2.24, 2.45) is 5.92 Å². The fourth-order valence-electron chi connectivity index (χ4n) is 2.37. The second-order valence-electron chi connectivity index (χ2n) is 5.97. The zero-order valence-electron chi connectivity index (χ0n) is 12.8. The summed E-state index contributed by atoms with van der Waals surface area (Å²) in [6.07, 6.45) is 1.19. The summed E-state index contributed by atoms with van der Waals surface area (Å²) in [6, 6.07) is 10.1. The molecule has 0 aromatic heterocycles. The van der Waals surface area contributed by atoms with Gasteiger partial charge in [-0.15, -0.1) is 0 Å². The Labute approximate surface area is 113 Å². The van der Waals surface area contributed by atoms with Crippen LogP contribution in [0.1, 0.15) is 71.0 Å². The lowest BCUT2D eigenvalue weighted by Gasteiger charge is -2.26. The van der Waals surface area contributed by atoms with E-state index in [9.17, 15) is 0 Å². The summed E-state index contributed by atoms with van der Waals surface area (Å²) in [5, 5.41) is 3.73. The van der Waals surface area contributed by atoms with Crippen LogP contribution in [-0.4, -0.2) is 6.04 Å². The highest BCUT2D eigenvalue weighted by molar-refractivity contribution is 5.26. The third-order valence-electron chi connectivity index (χ3n) is 3.81. The van der Waals surface area contributed by atoms with Crippen LogP contribution in [0.3, 0.4) is 0 Å². The van der Waals surface area contributed by atoms with Gasteiger partial charge >= 0.3 is 0 Å². The van der Waals surface area contributed by atoms with Crippen LogP contribution >= 0.6 is 0 Å². The van der Waals surface area contributed by atoms with Crippen molar-refractivity contribution in [3.8, 4) is 0 Å². The average molecular weight is 247 g/mol. The smallest absolute Gasteiger partial charge is 0.0294 e. The maximum absolute atomic E-state index is 3.73. The van der Waals surface area contributed by atoms with Crippen molar-refractivity contribution in [2.45, 2.75) is 66.0 Å². The zero-order valence-corrected chi connectivity index (χ0v) is 12.8. The van der Waals surface area contributed by atoms with E-state index < -0.39 is 0 Å². The highest BCUT2D eigenvalue weighted by Crippen LogP contribution is 2.20. The van der Waals surface area contributed by atoms with Gasteiger partial charge in [-0.25, -0.2) is 0 Å². The Bertz CT molecular complexity index is 337. The molecule has 0 heterocycles. The highest BCUT2D eigenvalue weighted by atomic mass is 14.9. The fourth-order valence-corrected chi connectivity index (χ4v) is 2.37. The van der Waals surface area contributed by atoms with Crippen molar-refractivity contribution >= 4 is 0 Å². The molecular formula is C17H29N. The predicted molar refractivity (Wildman–Crippen MR) is 81.0 cm³/mol. The molecule has 0 aliphatic heterocycles. The molecule has 1 heteroatoms. The molecule has 0 aliphatic carbocycles. The first-order valence-electron chi connectivity index (χ1n) is 7.31. The lowest BCUT2D eigenvalue weighted by atomic mass is 9.97. The summed E-state index contributed by atoms with van der Waals surface area (Å²) >= 11 is 0. The molecule has 1 aromatic rings. The monoisotopic (exact) mass is 247 g/mol. The van der Waals surface area contributed by atoms with Crippen molar-refractivity contribution in [1.29, 1.82) is 0 Å². The van der Waals surface area contributed by atoms with E-state index in [1.807, 2.05) is 0 Å². The van der Waals surface area contributed by atoms with E-state index in [4.69, 9.17) is 0 Å². The number of nitrogens with one attached hydrogen (secondary N) is 1. The Morgan fingerprint density at radius 1 is 0.889 bits per heavy atom. The van der Waals surface area contributed by atoms with Gasteiger partial charge in [0.25, 0.3) is 0 Å². The minimum Gasteiger partial charge on any atom is -0.307 e. The third kappa shape index (κ3) is 4.13. The van der Waals surface area contributed by atoms with Crippen LogP contribution in [0.2, 0.25) is 0 Å².